The molecule has 4 aromatic carbocycles. The number of aromatic nitrogens is 2. The summed E-state index contributed by atoms with van der Waals surface area (Å²) in [7, 11) is 0. The summed E-state index contributed by atoms with van der Waals surface area (Å²) in [5.74, 6) is 0. The maximum absolute atomic E-state index is 4.58. The molecule has 5 nitrogen and oxygen atoms in total. The molecule has 1 heterocycles. The van der Waals surface area contributed by atoms with E-state index in [9.17, 15) is 0 Å². The molecule has 0 unspecified atom stereocenters. The van der Waals surface area contributed by atoms with E-state index in [4.69, 9.17) is 0 Å². The number of para-hydroxylation sites is 2. The maximum atomic E-state index is 4.58. The van der Waals surface area contributed by atoms with Crippen molar-refractivity contribution in [2.75, 3.05) is 16.0 Å². The summed E-state index contributed by atoms with van der Waals surface area (Å²) in [6.07, 6.45) is 3.43. The van der Waals surface area contributed by atoms with Crippen LogP contribution in [0.2, 0.25) is 0 Å². The van der Waals surface area contributed by atoms with Crippen LogP contribution >= 0.6 is 0 Å². The van der Waals surface area contributed by atoms with Crippen molar-refractivity contribution in [3.8, 4) is 0 Å². The molecule has 150 valence electrons. The van der Waals surface area contributed by atoms with E-state index in [0.717, 1.165) is 45.2 Å². The lowest BCUT2D eigenvalue weighted by Crippen LogP contribution is -1.98. The van der Waals surface area contributed by atoms with Crippen LogP contribution in [0.15, 0.2) is 109 Å². The van der Waals surface area contributed by atoms with Gasteiger partial charge < -0.3 is 16.0 Å². The van der Waals surface area contributed by atoms with Gasteiger partial charge in [0.15, 0.2) is 0 Å². The summed E-state index contributed by atoms with van der Waals surface area (Å²) in [5.41, 5.74) is 7.54. The molecule has 31 heavy (non-hydrogen) atoms. The molecule has 3 N–H and O–H groups in total. The summed E-state index contributed by atoms with van der Waals surface area (Å²) in [5, 5.41) is 10.3. The van der Waals surface area contributed by atoms with E-state index in [2.05, 4.69) is 38.1 Å². The summed E-state index contributed by atoms with van der Waals surface area (Å²) in [6.45, 7) is 0. The van der Waals surface area contributed by atoms with E-state index in [1.54, 1.807) is 12.4 Å². The second kappa shape index (κ2) is 8.55. The van der Waals surface area contributed by atoms with Gasteiger partial charge in [-0.05, 0) is 60.7 Å². The zero-order chi connectivity index (χ0) is 20.9. The first-order valence-electron chi connectivity index (χ1n) is 10.1. The molecular weight excluding hydrogens is 382 g/mol. The average molecular weight is 403 g/mol. The quantitative estimate of drug-likeness (QED) is 0.289. The number of hydrogen-bond donors (Lipinski definition) is 3. The van der Waals surface area contributed by atoms with Crippen molar-refractivity contribution in [2.24, 2.45) is 0 Å². The molecule has 5 rings (SSSR count). The Labute approximate surface area is 180 Å². The van der Waals surface area contributed by atoms with Crippen molar-refractivity contribution in [3.05, 3.63) is 109 Å². The Morgan fingerprint density at radius 3 is 1.26 bits per heavy atom. The number of hydrogen-bond acceptors (Lipinski definition) is 5. The molecule has 0 radical (unpaired) electrons. The summed E-state index contributed by atoms with van der Waals surface area (Å²) in [6, 6.07) is 32.4. The number of nitrogens with one attached hydrogen (secondary N) is 3. The number of fused-ring (bicyclic) bond motifs is 1. The Hall–Kier alpha value is -4.38. The summed E-state index contributed by atoms with van der Waals surface area (Å²) in [4.78, 5) is 9.14. The molecular formula is C26H21N5. The highest BCUT2D eigenvalue weighted by Crippen LogP contribution is 2.31. The van der Waals surface area contributed by atoms with Crippen LogP contribution in [-0.2, 0) is 0 Å². The van der Waals surface area contributed by atoms with Crippen LogP contribution in [0.1, 0.15) is 0 Å². The van der Waals surface area contributed by atoms with Gasteiger partial charge in [-0.25, -0.2) is 0 Å². The molecule has 0 aliphatic rings. The van der Waals surface area contributed by atoms with E-state index in [1.165, 1.54) is 0 Å². The third-order valence-corrected chi connectivity index (χ3v) is 4.90. The first kappa shape index (κ1) is 18.6. The number of rotatable bonds is 6. The minimum absolute atomic E-state index is 0.815. The van der Waals surface area contributed by atoms with Crippen molar-refractivity contribution in [3.63, 3.8) is 0 Å². The van der Waals surface area contributed by atoms with Crippen molar-refractivity contribution < 1.29 is 0 Å². The van der Waals surface area contributed by atoms with Gasteiger partial charge in [0.2, 0.25) is 0 Å². The molecule has 5 heteroatoms. The predicted molar refractivity (Wildman–Crippen MR) is 129 cm³/mol. The zero-order valence-electron chi connectivity index (χ0n) is 16.8. The van der Waals surface area contributed by atoms with Crippen molar-refractivity contribution in [1.29, 1.82) is 0 Å². The van der Waals surface area contributed by atoms with Crippen LogP contribution in [0.3, 0.4) is 0 Å². The second-order valence-corrected chi connectivity index (χ2v) is 7.10. The van der Waals surface area contributed by atoms with Crippen LogP contribution in [-0.4, -0.2) is 9.97 Å². The predicted octanol–water partition coefficient (Wildman–Crippen LogP) is 6.86. The molecule has 0 aliphatic carbocycles. The van der Waals surface area contributed by atoms with E-state index < -0.39 is 0 Å². The zero-order valence-corrected chi connectivity index (χ0v) is 16.8. The van der Waals surface area contributed by atoms with Crippen LogP contribution < -0.4 is 16.0 Å². The standard InChI is InChI=1S/C26H21N5/c1-3-7-19(8-4-1)29-21-11-13-22(14-12-21)31-24-16-15-23(25-26(24)28-18-17-27-25)30-20-9-5-2-6-10-20/h1-18,29-31H. The van der Waals surface area contributed by atoms with Crippen molar-refractivity contribution in [1.82, 2.24) is 9.97 Å². The summed E-state index contributed by atoms with van der Waals surface area (Å²) >= 11 is 0. The fraction of sp³-hybridized carbons (Fsp3) is 0. The molecule has 0 amide bonds. The first-order valence-corrected chi connectivity index (χ1v) is 10.1. The molecule has 0 bridgehead atoms. The maximum Gasteiger partial charge on any atom is 0.114 e. The van der Waals surface area contributed by atoms with Gasteiger partial charge in [0.1, 0.15) is 11.0 Å². The monoisotopic (exact) mass is 403 g/mol. The van der Waals surface area contributed by atoms with Crippen molar-refractivity contribution >= 4 is 45.2 Å². The van der Waals surface area contributed by atoms with Crippen LogP contribution in [0, 0.1) is 0 Å². The van der Waals surface area contributed by atoms with Gasteiger partial charge in [-0.2, -0.15) is 0 Å². The number of anilines is 6. The Bertz CT molecular complexity index is 1290. The minimum atomic E-state index is 0.815. The third kappa shape index (κ3) is 4.31. The van der Waals surface area contributed by atoms with Gasteiger partial charge in [-0.15, -0.1) is 0 Å². The highest BCUT2D eigenvalue weighted by atomic mass is 14.9. The number of nitrogens with zero attached hydrogens (tertiary/aromatic N) is 2. The lowest BCUT2D eigenvalue weighted by molar-refractivity contribution is 1.29. The third-order valence-electron chi connectivity index (χ3n) is 4.90. The molecule has 0 fully saturated rings. The smallest absolute Gasteiger partial charge is 0.114 e. The largest absolute Gasteiger partial charge is 0.356 e. The van der Waals surface area contributed by atoms with Crippen molar-refractivity contribution in [2.45, 2.75) is 0 Å². The van der Waals surface area contributed by atoms with E-state index in [0.29, 0.717) is 0 Å². The van der Waals surface area contributed by atoms with Gasteiger partial charge in [0.05, 0.1) is 11.4 Å². The Morgan fingerprint density at radius 2 is 0.774 bits per heavy atom. The fourth-order valence-corrected chi connectivity index (χ4v) is 3.42. The Kier molecular flexibility index (Phi) is 5.14. The molecule has 0 saturated heterocycles. The first-order chi connectivity index (χ1) is 15.3. The molecule has 5 aromatic rings. The highest BCUT2D eigenvalue weighted by molar-refractivity contribution is 5.98. The van der Waals surface area contributed by atoms with Gasteiger partial charge in [-0.1, -0.05) is 36.4 Å². The average Bonchev–Trinajstić information content (AvgIpc) is 2.83. The topological polar surface area (TPSA) is 61.9 Å². The van der Waals surface area contributed by atoms with E-state index >= 15 is 0 Å². The Morgan fingerprint density at radius 1 is 0.387 bits per heavy atom. The second-order valence-electron chi connectivity index (χ2n) is 7.10. The van der Waals surface area contributed by atoms with E-state index in [1.807, 2.05) is 84.9 Å². The molecule has 1 aromatic heterocycles. The summed E-state index contributed by atoms with van der Waals surface area (Å²) < 4.78 is 0. The lowest BCUT2D eigenvalue weighted by Gasteiger charge is -2.14. The van der Waals surface area contributed by atoms with Gasteiger partial charge in [0, 0.05) is 35.1 Å². The lowest BCUT2D eigenvalue weighted by atomic mass is 10.2. The molecule has 0 aliphatic heterocycles. The molecule has 0 spiro atoms. The van der Waals surface area contributed by atoms with Crippen LogP contribution in [0.25, 0.3) is 11.0 Å². The minimum Gasteiger partial charge on any atom is -0.356 e. The molecule has 0 atom stereocenters. The van der Waals surface area contributed by atoms with Gasteiger partial charge in [0.25, 0.3) is 0 Å². The molecule has 0 saturated carbocycles. The van der Waals surface area contributed by atoms with Crippen LogP contribution in [0.5, 0.6) is 0 Å². The fourth-order valence-electron chi connectivity index (χ4n) is 3.42. The van der Waals surface area contributed by atoms with Gasteiger partial charge >= 0.3 is 0 Å². The highest BCUT2D eigenvalue weighted by Gasteiger charge is 2.09. The Balaban J connectivity index is 1.39. The van der Waals surface area contributed by atoms with E-state index in [-0.39, 0.29) is 0 Å². The normalized spacial score (nSPS) is 10.6. The number of benzene rings is 4. The van der Waals surface area contributed by atoms with Crippen LogP contribution in [0.4, 0.5) is 34.1 Å². The van der Waals surface area contributed by atoms with Gasteiger partial charge in [-0.3, -0.25) is 9.97 Å². The SMILES string of the molecule is c1ccc(Nc2ccc(Nc3ccc(Nc4ccccc4)c4nccnc34)cc2)cc1.